The SMILES string of the molecule is COc1cccc(Cc2cc3c4c(c2)[C@@H]2CN(C(=O)OC(C)(C)C)CC[C@@H]2N4CCCS3)c1. The van der Waals surface area contributed by atoms with Gasteiger partial charge in [-0.2, -0.15) is 0 Å². The summed E-state index contributed by atoms with van der Waals surface area (Å²) < 4.78 is 11.1. The van der Waals surface area contributed by atoms with Crippen molar-refractivity contribution in [1.29, 1.82) is 0 Å². The van der Waals surface area contributed by atoms with Crippen molar-refractivity contribution >= 4 is 23.5 Å². The third-order valence-electron chi connectivity index (χ3n) is 6.82. The highest BCUT2D eigenvalue weighted by Gasteiger charge is 2.45. The maximum atomic E-state index is 12.8. The molecule has 2 aromatic carbocycles. The van der Waals surface area contributed by atoms with E-state index in [4.69, 9.17) is 9.47 Å². The minimum atomic E-state index is -0.470. The van der Waals surface area contributed by atoms with Gasteiger partial charge < -0.3 is 19.3 Å². The van der Waals surface area contributed by atoms with E-state index in [1.54, 1.807) is 7.11 Å². The van der Waals surface area contributed by atoms with Crippen LogP contribution in [0, 0.1) is 0 Å². The number of benzene rings is 2. The minimum absolute atomic E-state index is 0.185. The quantitative estimate of drug-likeness (QED) is 0.581. The van der Waals surface area contributed by atoms with Crippen LogP contribution in [0.3, 0.4) is 0 Å². The van der Waals surface area contributed by atoms with E-state index in [-0.39, 0.29) is 6.09 Å². The van der Waals surface area contributed by atoms with E-state index in [1.807, 2.05) is 43.5 Å². The molecule has 5 rings (SSSR count). The monoisotopic (exact) mass is 466 g/mol. The van der Waals surface area contributed by atoms with E-state index in [0.29, 0.717) is 12.0 Å². The highest BCUT2D eigenvalue weighted by atomic mass is 32.2. The lowest BCUT2D eigenvalue weighted by atomic mass is 9.88. The van der Waals surface area contributed by atoms with Gasteiger partial charge in [0.1, 0.15) is 11.4 Å². The Morgan fingerprint density at radius 2 is 2.00 bits per heavy atom. The van der Waals surface area contributed by atoms with Crippen molar-refractivity contribution < 1.29 is 14.3 Å². The topological polar surface area (TPSA) is 42.0 Å². The lowest BCUT2D eigenvalue weighted by Gasteiger charge is -2.39. The molecule has 0 bridgehead atoms. The highest BCUT2D eigenvalue weighted by molar-refractivity contribution is 7.99. The zero-order chi connectivity index (χ0) is 23.2. The molecule has 0 aromatic heterocycles. The number of thioether (sulfide) groups is 1. The fourth-order valence-corrected chi connectivity index (χ4v) is 6.58. The molecule has 0 radical (unpaired) electrons. The molecular weight excluding hydrogens is 432 g/mol. The van der Waals surface area contributed by atoms with E-state index in [2.05, 4.69) is 35.2 Å². The number of carbonyl (C=O) groups excluding carboxylic acids is 1. The predicted molar refractivity (Wildman–Crippen MR) is 134 cm³/mol. The first-order chi connectivity index (χ1) is 15.8. The van der Waals surface area contributed by atoms with Crippen molar-refractivity contribution in [1.82, 2.24) is 4.90 Å². The van der Waals surface area contributed by atoms with E-state index in [0.717, 1.165) is 44.0 Å². The number of anilines is 1. The van der Waals surface area contributed by atoms with E-state index < -0.39 is 5.60 Å². The Bertz CT molecular complexity index is 1050. The van der Waals surface area contributed by atoms with E-state index in [9.17, 15) is 4.79 Å². The molecule has 0 saturated carbocycles. The highest BCUT2D eigenvalue weighted by Crippen LogP contribution is 2.51. The van der Waals surface area contributed by atoms with Crippen molar-refractivity contribution in [3.8, 4) is 5.75 Å². The van der Waals surface area contributed by atoms with Gasteiger partial charge in [0, 0.05) is 36.5 Å². The Kier molecular flexibility index (Phi) is 5.98. The first-order valence-corrected chi connectivity index (χ1v) is 13.0. The molecule has 3 aliphatic rings. The van der Waals surface area contributed by atoms with Crippen molar-refractivity contribution in [3.63, 3.8) is 0 Å². The summed E-state index contributed by atoms with van der Waals surface area (Å²) in [4.78, 5) is 18.8. The number of piperidine rings is 1. The Balaban J connectivity index is 1.47. The number of carbonyl (C=O) groups is 1. The molecule has 3 heterocycles. The van der Waals surface area contributed by atoms with Gasteiger partial charge in [-0.3, -0.25) is 0 Å². The molecule has 2 atom stereocenters. The van der Waals surface area contributed by atoms with Crippen LogP contribution in [0.4, 0.5) is 10.5 Å². The lowest BCUT2D eigenvalue weighted by Crippen LogP contribution is -2.49. The first-order valence-electron chi connectivity index (χ1n) is 12.0. The zero-order valence-electron chi connectivity index (χ0n) is 20.1. The summed E-state index contributed by atoms with van der Waals surface area (Å²) in [6.07, 6.45) is 2.89. The molecule has 33 heavy (non-hydrogen) atoms. The molecule has 1 amide bonds. The number of methoxy groups -OCH3 is 1. The average molecular weight is 467 g/mol. The van der Waals surface area contributed by atoms with Crippen molar-refractivity contribution in [3.05, 3.63) is 53.1 Å². The van der Waals surface area contributed by atoms with Crippen LogP contribution in [0.25, 0.3) is 0 Å². The maximum Gasteiger partial charge on any atom is 0.410 e. The van der Waals surface area contributed by atoms with Gasteiger partial charge in [-0.1, -0.05) is 18.2 Å². The third kappa shape index (κ3) is 4.54. The third-order valence-corrected chi connectivity index (χ3v) is 7.94. The fraction of sp³-hybridized carbons (Fsp3) is 0.519. The van der Waals surface area contributed by atoms with Crippen molar-refractivity contribution in [2.75, 3.05) is 37.4 Å². The number of rotatable bonds is 3. The molecule has 1 saturated heterocycles. The molecule has 176 valence electrons. The van der Waals surface area contributed by atoms with Crippen LogP contribution < -0.4 is 9.64 Å². The molecular formula is C27H34N2O3S. The lowest BCUT2D eigenvalue weighted by molar-refractivity contribution is 0.0189. The summed E-state index contributed by atoms with van der Waals surface area (Å²) >= 11 is 1.99. The summed E-state index contributed by atoms with van der Waals surface area (Å²) in [5, 5.41) is 0. The molecule has 6 heteroatoms. The van der Waals surface area contributed by atoms with Gasteiger partial charge in [-0.15, -0.1) is 11.8 Å². The van der Waals surface area contributed by atoms with Crippen LogP contribution in [0.2, 0.25) is 0 Å². The zero-order valence-corrected chi connectivity index (χ0v) is 20.9. The minimum Gasteiger partial charge on any atom is -0.497 e. The molecule has 2 aromatic rings. The molecule has 1 fully saturated rings. The van der Waals surface area contributed by atoms with Gasteiger partial charge in [-0.25, -0.2) is 4.79 Å². The van der Waals surface area contributed by atoms with Crippen molar-refractivity contribution in [2.45, 2.75) is 62.5 Å². The van der Waals surface area contributed by atoms with Gasteiger partial charge in [0.15, 0.2) is 0 Å². The molecule has 0 spiro atoms. The molecule has 0 N–H and O–H groups in total. The average Bonchev–Trinajstić information content (AvgIpc) is 2.93. The second kappa shape index (κ2) is 8.79. The van der Waals surface area contributed by atoms with E-state index >= 15 is 0 Å². The van der Waals surface area contributed by atoms with Crippen molar-refractivity contribution in [2.24, 2.45) is 0 Å². The number of nitrogens with zero attached hydrogens (tertiary/aromatic N) is 2. The van der Waals surface area contributed by atoms with Crippen LogP contribution in [-0.2, 0) is 11.2 Å². The Morgan fingerprint density at radius 3 is 2.79 bits per heavy atom. The maximum absolute atomic E-state index is 12.8. The largest absolute Gasteiger partial charge is 0.497 e. The first kappa shape index (κ1) is 22.5. The Morgan fingerprint density at radius 1 is 1.15 bits per heavy atom. The number of amides is 1. The molecule has 3 aliphatic heterocycles. The van der Waals surface area contributed by atoms with E-state index in [1.165, 1.54) is 33.7 Å². The van der Waals surface area contributed by atoms with Gasteiger partial charge in [0.05, 0.1) is 12.8 Å². The summed E-state index contributed by atoms with van der Waals surface area (Å²) in [6, 6.07) is 13.6. The second-order valence-corrected chi connectivity index (χ2v) is 11.5. The summed E-state index contributed by atoms with van der Waals surface area (Å²) in [5.74, 6) is 2.39. The summed E-state index contributed by atoms with van der Waals surface area (Å²) in [7, 11) is 1.72. The normalized spacial score (nSPS) is 21.8. The summed E-state index contributed by atoms with van der Waals surface area (Å²) in [6.45, 7) is 8.41. The van der Waals surface area contributed by atoms with Crippen LogP contribution in [0.5, 0.6) is 5.75 Å². The van der Waals surface area contributed by atoms with Crippen LogP contribution >= 0.6 is 11.8 Å². The van der Waals surface area contributed by atoms with Crippen LogP contribution in [-0.4, -0.2) is 55.1 Å². The second-order valence-electron chi connectivity index (χ2n) is 10.3. The predicted octanol–water partition coefficient (Wildman–Crippen LogP) is 5.69. The number of fused-ring (bicyclic) bond motifs is 3. The Hall–Kier alpha value is -2.34. The smallest absolute Gasteiger partial charge is 0.410 e. The number of hydrogen-bond donors (Lipinski definition) is 0. The number of likely N-dealkylation sites (tertiary alicyclic amines) is 1. The Labute approximate surface area is 201 Å². The standard InChI is InChI=1S/C27H34N2O3S/c1-27(2,3)32-26(30)28-11-9-23-22(17-28)21-15-19(13-18-7-5-8-20(14-18)31-4)16-24-25(21)29(23)10-6-12-33-24/h5,7-8,14-16,22-23H,6,9-13,17H2,1-4H3/t22-,23-/m0/s1. The molecule has 0 unspecified atom stereocenters. The van der Waals surface area contributed by atoms with Gasteiger partial charge >= 0.3 is 6.09 Å². The fourth-order valence-electron chi connectivity index (χ4n) is 5.48. The van der Waals surface area contributed by atoms with Crippen LogP contribution in [0.15, 0.2) is 41.3 Å². The van der Waals surface area contributed by atoms with Gasteiger partial charge in [0.25, 0.3) is 0 Å². The van der Waals surface area contributed by atoms with Crippen LogP contribution in [0.1, 0.15) is 56.2 Å². The number of hydrogen-bond acceptors (Lipinski definition) is 5. The van der Waals surface area contributed by atoms with Gasteiger partial charge in [-0.05, 0) is 80.7 Å². The molecule has 5 nitrogen and oxygen atoms in total. The van der Waals surface area contributed by atoms with Gasteiger partial charge in [0.2, 0.25) is 0 Å². The molecule has 0 aliphatic carbocycles. The summed E-state index contributed by atoms with van der Waals surface area (Å²) in [5.41, 5.74) is 4.96. The number of ether oxygens (including phenoxy) is 2.